The Balaban J connectivity index is 2.20. The molecular weight excluding hydrogens is 250 g/mol. The second-order valence-corrected chi connectivity index (χ2v) is 7.29. The summed E-state index contributed by atoms with van der Waals surface area (Å²) < 4.78 is 6.20. The lowest BCUT2D eigenvalue weighted by Gasteiger charge is -2.38. The van der Waals surface area contributed by atoms with Crippen LogP contribution < -0.4 is 10.5 Å². The zero-order chi connectivity index (χ0) is 14.9. The smallest absolute Gasteiger partial charge is 0.222 e. The van der Waals surface area contributed by atoms with E-state index in [2.05, 4.69) is 44.6 Å². The summed E-state index contributed by atoms with van der Waals surface area (Å²) >= 11 is 0. The SMILES string of the molecule is CC1CC(Oc2ncnc(N)c2C(C)C)CC(C)(C)C1. The summed E-state index contributed by atoms with van der Waals surface area (Å²) in [5, 5.41) is 0. The van der Waals surface area contributed by atoms with E-state index in [0.29, 0.717) is 23.0 Å². The molecule has 112 valence electrons. The molecule has 2 atom stereocenters. The molecule has 0 radical (unpaired) electrons. The fourth-order valence-electron chi connectivity index (χ4n) is 3.53. The summed E-state index contributed by atoms with van der Waals surface area (Å²) in [4.78, 5) is 8.40. The minimum absolute atomic E-state index is 0.223. The molecule has 1 saturated carbocycles. The highest BCUT2D eigenvalue weighted by Crippen LogP contribution is 2.40. The third-order valence-corrected chi connectivity index (χ3v) is 4.08. The third kappa shape index (κ3) is 3.41. The lowest BCUT2D eigenvalue weighted by atomic mass is 9.71. The Labute approximate surface area is 122 Å². The number of aromatic nitrogens is 2. The van der Waals surface area contributed by atoms with E-state index in [4.69, 9.17) is 10.5 Å². The van der Waals surface area contributed by atoms with E-state index < -0.39 is 0 Å². The predicted octanol–water partition coefficient (Wildman–Crippen LogP) is 3.78. The summed E-state index contributed by atoms with van der Waals surface area (Å²) in [7, 11) is 0. The standard InChI is InChI=1S/C16H27N3O/c1-10(2)13-14(17)18-9-19-15(13)20-12-6-11(3)7-16(4,5)8-12/h9-12H,6-8H2,1-5H3,(H2,17,18,19). The van der Waals surface area contributed by atoms with Crippen molar-refractivity contribution in [1.29, 1.82) is 0 Å². The molecular formula is C16H27N3O. The highest BCUT2D eigenvalue weighted by molar-refractivity contribution is 5.46. The Hall–Kier alpha value is -1.32. The van der Waals surface area contributed by atoms with Crippen molar-refractivity contribution < 1.29 is 4.74 Å². The maximum atomic E-state index is 6.20. The van der Waals surface area contributed by atoms with Gasteiger partial charge in [-0.05, 0) is 36.5 Å². The van der Waals surface area contributed by atoms with Crippen molar-refractivity contribution in [2.24, 2.45) is 11.3 Å². The van der Waals surface area contributed by atoms with Crippen LogP contribution in [-0.4, -0.2) is 16.1 Å². The van der Waals surface area contributed by atoms with Crippen LogP contribution in [0.3, 0.4) is 0 Å². The Morgan fingerprint density at radius 3 is 2.60 bits per heavy atom. The van der Waals surface area contributed by atoms with Crippen LogP contribution in [0.5, 0.6) is 5.88 Å². The summed E-state index contributed by atoms with van der Waals surface area (Å²) in [6, 6.07) is 0. The van der Waals surface area contributed by atoms with E-state index in [0.717, 1.165) is 18.4 Å². The van der Waals surface area contributed by atoms with Crippen LogP contribution in [0.2, 0.25) is 0 Å². The molecule has 4 nitrogen and oxygen atoms in total. The molecule has 0 amide bonds. The number of nitrogens with zero attached hydrogens (tertiary/aromatic N) is 2. The lowest BCUT2D eigenvalue weighted by Crippen LogP contribution is -2.34. The average Bonchev–Trinajstić information content (AvgIpc) is 2.25. The van der Waals surface area contributed by atoms with Gasteiger partial charge in [0, 0.05) is 0 Å². The van der Waals surface area contributed by atoms with Gasteiger partial charge < -0.3 is 10.5 Å². The monoisotopic (exact) mass is 277 g/mol. The zero-order valence-corrected chi connectivity index (χ0v) is 13.3. The van der Waals surface area contributed by atoms with E-state index in [1.54, 1.807) is 0 Å². The van der Waals surface area contributed by atoms with Gasteiger partial charge in [0.15, 0.2) is 0 Å². The van der Waals surface area contributed by atoms with Crippen molar-refractivity contribution in [2.75, 3.05) is 5.73 Å². The first kappa shape index (κ1) is 15.1. The predicted molar refractivity (Wildman–Crippen MR) is 81.7 cm³/mol. The molecule has 1 fully saturated rings. The van der Waals surface area contributed by atoms with Gasteiger partial charge in [0.2, 0.25) is 5.88 Å². The van der Waals surface area contributed by atoms with Crippen LogP contribution in [0.15, 0.2) is 6.33 Å². The molecule has 2 unspecified atom stereocenters. The van der Waals surface area contributed by atoms with Gasteiger partial charge in [-0.3, -0.25) is 0 Å². The van der Waals surface area contributed by atoms with Crippen LogP contribution in [0.1, 0.15) is 65.4 Å². The Morgan fingerprint density at radius 2 is 2.00 bits per heavy atom. The second kappa shape index (κ2) is 5.58. The van der Waals surface area contributed by atoms with Gasteiger partial charge in [-0.25, -0.2) is 9.97 Å². The maximum absolute atomic E-state index is 6.20. The first-order valence-electron chi connectivity index (χ1n) is 7.55. The van der Waals surface area contributed by atoms with Gasteiger partial charge >= 0.3 is 0 Å². The molecule has 0 spiro atoms. The Bertz CT molecular complexity index is 471. The normalized spacial score (nSPS) is 25.7. The van der Waals surface area contributed by atoms with Crippen LogP contribution in [0, 0.1) is 11.3 Å². The topological polar surface area (TPSA) is 61.0 Å². The molecule has 1 aromatic heterocycles. The van der Waals surface area contributed by atoms with E-state index in [1.165, 1.54) is 12.7 Å². The van der Waals surface area contributed by atoms with Crippen LogP contribution >= 0.6 is 0 Å². The van der Waals surface area contributed by atoms with E-state index in [9.17, 15) is 0 Å². The summed E-state index contributed by atoms with van der Waals surface area (Å²) in [5.41, 5.74) is 7.24. The van der Waals surface area contributed by atoms with Gasteiger partial charge in [-0.1, -0.05) is 34.6 Å². The molecule has 1 aliphatic carbocycles. The Kier molecular flexibility index (Phi) is 4.21. The first-order valence-corrected chi connectivity index (χ1v) is 7.55. The van der Waals surface area contributed by atoms with Crippen LogP contribution in [0.25, 0.3) is 0 Å². The van der Waals surface area contributed by atoms with E-state index in [-0.39, 0.29) is 12.0 Å². The molecule has 0 saturated heterocycles. The van der Waals surface area contributed by atoms with Crippen molar-refractivity contribution in [3.05, 3.63) is 11.9 Å². The number of nitrogen functional groups attached to an aromatic ring is 1. The molecule has 0 aliphatic heterocycles. The zero-order valence-electron chi connectivity index (χ0n) is 13.3. The number of rotatable bonds is 3. The molecule has 4 heteroatoms. The largest absolute Gasteiger partial charge is 0.474 e. The third-order valence-electron chi connectivity index (χ3n) is 4.08. The molecule has 1 aliphatic rings. The van der Waals surface area contributed by atoms with Crippen LogP contribution in [-0.2, 0) is 0 Å². The fraction of sp³-hybridized carbons (Fsp3) is 0.750. The van der Waals surface area contributed by atoms with E-state index in [1.807, 2.05) is 0 Å². The quantitative estimate of drug-likeness (QED) is 0.913. The highest BCUT2D eigenvalue weighted by Gasteiger charge is 2.34. The summed E-state index contributed by atoms with van der Waals surface area (Å²) in [5.74, 6) is 2.15. The second-order valence-electron chi connectivity index (χ2n) is 7.29. The van der Waals surface area contributed by atoms with Gasteiger partial charge in [0.05, 0.1) is 5.56 Å². The van der Waals surface area contributed by atoms with Gasteiger partial charge in [-0.2, -0.15) is 0 Å². The number of hydrogen-bond donors (Lipinski definition) is 1. The van der Waals surface area contributed by atoms with Crippen molar-refractivity contribution in [3.63, 3.8) is 0 Å². The Morgan fingerprint density at radius 1 is 1.30 bits per heavy atom. The number of hydrogen-bond acceptors (Lipinski definition) is 4. The summed E-state index contributed by atoms with van der Waals surface area (Å²) in [6.45, 7) is 11.1. The van der Waals surface area contributed by atoms with Crippen molar-refractivity contribution in [1.82, 2.24) is 9.97 Å². The molecule has 1 heterocycles. The first-order chi connectivity index (χ1) is 9.28. The number of anilines is 1. The lowest BCUT2D eigenvalue weighted by molar-refractivity contribution is 0.0523. The number of ether oxygens (including phenoxy) is 1. The maximum Gasteiger partial charge on any atom is 0.222 e. The van der Waals surface area contributed by atoms with E-state index >= 15 is 0 Å². The summed E-state index contributed by atoms with van der Waals surface area (Å²) in [6.07, 6.45) is 5.13. The molecule has 0 aromatic carbocycles. The van der Waals surface area contributed by atoms with Crippen molar-refractivity contribution in [3.8, 4) is 5.88 Å². The average molecular weight is 277 g/mol. The fourth-order valence-corrected chi connectivity index (χ4v) is 3.53. The molecule has 0 bridgehead atoms. The van der Waals surface area contributed by atoms with Gasteiger partial charge in [-0.15, -0.1) is 0 Å². The molecule has 2 rings (SSSR count). The van der Waals surface area contributed by atoms with Crippen molar-refractivity contribution >= 4 is 5.82 Å². The molecule has 20 heavy (non-hydrogen) atoms. The minimum Gasteiger partial charge on any atom is -0.474 e. The number of nitrogens with two attached hydrogens (primary N) is 1. The van der Waals surface area contributed by atoms with Gasteiger partial charge in [0.1, 0.15) is 18.2 Å². The van der Waals surface area contributed by atoms with Crippen molar-refractivity contribution in [2.45, 2.75) is 65.9 Å². The molecule has 2 N–H and O–H groups in total. The van der Waals surface area contributed by atoms with Gasteiger partial charge in [0.25, 0.3) is 0 Å². The minimum atomic E-state index is 0.223. The van der Waals surface area contributed by atoms with Crippen LogP contribution in [0.4, 0.5) is 5.82 Å². The highest BCUT2D eigenvalue weighted by atomic mass is 16.5. The molecule has 1 aromatic rings.